The highest BCUT2D eigenvalue weighted by Gasteiger charge is 2.32. The van der Waals surface area contributed by atoms with Crippen LogP contribution in [0.4, 0.5) is 0 Å². The Balaban J connectivity index is 1.75. The predicted molar refractivity (Wildman–Crippen MR) is 90.3 cm³/mol. The fourth-order valence-electron chi connectivity index (χ4n) is 3.05. The summed E-state index contributed by atoms with van der Waals surface area (Å²) < 4.78 is 5.18. The van der Waals surface area contributed by atoms with Gasteiger partial charge in [0, 0.05) is 13.2 Å². The number of hydrogen-bond acceptors (Lipinski definition) is 4. The molecular weight excluding hydrogens is 292 g/mol. The van der Waals surface area contributed by atoms with Gasteiger partial charge in [0.05, 0.1) is 13.7 Å². The molecule has 0 spiro atoms. The summed E-state index contributed by atoms with van der Waals surface area (Å²) in [5, 5.41) is 12.5. The van der Waals surface area contributed by atoms with Crippen LogP contribution in [0.2, 0.25) is 0 Å². The van der Waals surface area contributed by atoms with E-state index in [1.807, 2.05) is 24.3 Å². The summed E-state index contributed by atoms with van der Waals surface area (Å²) in [5.41, 5.74) is 1.09. The number of carbonyl (C=O) groups excluding carboxylic acids is 1. The van der Waals surface area contributed by atoms with E-state index >= 15 is 0 Å². The van der Waals surface area contributed by atoms with E-state index in [-0.39, 0.29) is 17.9 Å². The van der Waals surface area contributed by atoms with Crippen molar-refractivity contribution in [3.63, 3.8) is 0 Å². The Bertz CT molecular complexity index is 505. The summed E-state index contributed by atoms with van der Waals surface area (Å²) in [7, 11) is 1.64. The molecule has 1 fully saturated rings. The van der Waals surface area contributed by atoms with E-state index in [0.717, 1.165) is 43.7 Å². The number of hydrogen-bond donors (Lipinski definition) is 2. The molecule has 0 atom stereocenters. The maximum absolute atomic E-state index is 12.1. The number of aliphatic hydroxyl groups is 1. The topological polar surface area (TPSA) is 61.8 Å². The van der Waals surface area contributed by atoms with Crippen LogP contribution in [0.3, 0.4) is 0 Å². The van der Waals surface area contributed by atoms with Crippen molar-refractivity contribution in [1.82, 2.24) is 10.2 Å². The molecule has 1 aliphatic rings. The van der Waals surface area contributed by atoms with E-state index in [4.69, 9.17) is 4.74 Å². The number of aliphatic hydroxyl groups excluding tert-OH is 1. The Morgan fingerprint density at radius 1 is 1.39 bits per heavy atom. The molecule has 1 aliphatic heterocycles. The molecule has 1 heterocycles. The summed E-state index contributed by atoms with van der Waals surface area (Å²) in [4.78, 5) is 14.3. The Labute approximate surface area is 138 Å². The SMILES string of the molecule is CCC1(CO)CCN(CC(=O)NCc2cccc(OC)c2)CC1. The van der Waals surface area contributed by atoms with Gasteiger partial charge in [-0.3, -0.25) is 9.69 Å². The van der Waals surface area contributed by atoms with Crippen molar-refractivity contribution >= 4 is 5.91 Å². The lowest BCUT2D eigenvalue weighted by molar-refractivity contribution is -0.123. The molecule has 0 aliphatic carbocycles. The normalized spacial score (nSPS) is 17.7. The molecule has 1 saturated heterocycles. The van der Waals surface area contributed by atoms with Crippen molar-refractivity contribution in [2.75, 3.05) is 33.4 Å². The summed E-state index contributed by atoms with van der Waals surface area (Å²) in [6.45, 7) is 5.07. The zero-order valence-electron chi connectivity index (χ0n) is 14.2. The zero-order chi connectivity index (χ0) is 16.7. The lowest BCUT2D eigenvalue weighted by Gasteiger charge is -2.39. The number of carbonyl (C=O) groups is 1. The standard InChI is InChI=1S/C18H28N2O3/c1-3-18(14-21)7-9-20(10-8-18)13-17(22)19-12-15-5-4-6-16(11-15)23-2/h4-6,11,21H,3,7-10,12-14H2,1-2H3,(H,19,22). The van der Waals surface area contributed by atoms with Crippen LogP contribution in [-0.4, -0.2) is 49.3 Å². The number of nitrogens with zero attached hydrogens (tertiary/aromatic N) is 1. The predicted octanol–water partition coefficient (Wildman–Crippen LogP) is 1.80. The Morgan fingerprint density at radius 2 is 2.13 bits per heavy atom. The van der Waals surface area contributed by atoms with E-state index < -0.39 is 0 Å². The van der Waals surface area contributed by atoms with Crippen LogP contribution in [0.25, 0.3) is 0 Å². The van der Waals surface area contributed by atoms with Gasteiger partial charge in [-0.15, -0.1) is 0 Å². The zero-order valence-corrected chi connectivity index (χ0v) is 14.2. The van der Waals surface area contributed by atoms with Crippen LogP contribution in [0.15, 0.2) is 24.3 Å². The second-order valence-electron chi connectivity index (χ2n) is 6.42. The van der Waals surface area contributed by atoms with Crippen LogP contribution >= 0.6 is 0 Å². The largest absolute Gasteiger partial charge is 0.497 e. The Kier molecular flexibility index (Phi) is 6.42. The number of nitrogens with one attached hydrogen (secondary N) is 1. The molecule has 1 aromatic rings. The van der Waals surface area contributed by atoms with Gasteiger partial charge in [-0.05, 0) is 55.5 Å². The molecule has 0 aromatic heterocycles. The highest BCUT2D eigenvalue weighted by molar-refractivity contribution is 5.78. The molecule has 0 radical (unpaired) electrons. The van der Waals surface area contributed by atoms with Crippen LogP contribution in [0.1, 0.15) is 31.7 Å². The van der Waals surface area contributed by atoms with Crippen LogP contribution in [0.5, 0.6) is 5.75 Å². The average Bonchev–Trinajstić information content (AvgIpc) is 2.61. The molecule has 1 amide bonds. The van der Waals surface area contributed by atoms with Gasteiger partial charge in [0.15, 0.2) is 0 Å². The maximum Gasteiger partial charge on any atom is 0.234 e. The fourth-order valence-corrected chi connectivity index (χ4v) is 3.05. The second kappa shape index (κ2) is 8.31. The monoisotopic (exact) mass is 320 g/mol. The first-order chi connectivity index (χ1) is 11.1. The first-order valence-corrected chi connectivity index (χ1v) is 8.33. The third-order valence-corrected chi connectivity index (χ3v) is 4.99. The van der Waals surface area contributed by atoms with Crippen molar-refractivity contribution in [2.24, 2.45) is 5.41 Å². The third-order valence-electron chi connectivity index (χ3n) is 4.99. The van der Waals surface area contributed by atoms with Crippen molar-refractivity contribution in [2.45, 2.75) is 32.7 Å². The summed E-state index contributed by atoms with van der Waals surface area (Å²) in [6, 6.07) is 7.71. The molecule has 1 aromatic carbocycles. The third kappa shape index (κ3) is 4.94. The number of piperidine rings is 1. The van der Waals surface area contributed by atoms with Crippen molar-refractivity contribution in [3.8, 4) is 5.75 Å². The molecular formula is C18H28N2O3. The van der Waals surface area contributed by atoms with Gasteiger partial charge in [-0.25, -0.2) is 0 Å². The van der Waals surface area contributed by atoms with Crippen molar-refractivity contribution in [1.29, 1.82) is 0 Å². The number of likely N-dealkylation sites (tertiary alicyclic amines) is 1. The lowest BCUT2D eigenvalue weighted by Crippen LogP contribution is -2.45. The molecule has 0 unspecified atom stereocenters. The number of methoxy groups -OCH3 is 1. The minimum atomic E-state index is 0.0424. The van der Waals surface area contributed by atoms with Gasteiger partial charge >= 0.3 is 0 Å². The first-order valence-electron chi connectivity index (χ1n) is 8.33. The van der Waals surface area contributed by atoms with E-state index in [0.29, 0.717) is 13.1 Å². The number of rotatable bonds is 7. The molecule has 23 heavy (non-hydrogen) atoms. The van der Waals surface area contributed by atoms with Crippen LogP contribution in [0, 0.1) is 5.41 Å². The van der Waals surface area contributed by atoms with Crippen LogP contribution in [-0.2, 0) is 11.3 Å². The second-order valence-corrected chi connectivity index (χ2v) is 6.42. The Morgan fingerprint density at radius 3 is 2.74 bits per heavy atom. The minimum Gasteiger partial charge on any atom is -0.497 e. The van der Waals surface area contributed by atoms with E-state index in [1.165, 1.54) is 0 Å². The highest BCUT2D eigenvalue weighted by Crippen LogP contribution is 2.33. The summed E-state index contributed by atoms with van der Waals surface area (Å²) in [6.07, 6.45) is 2.92. The smallest absolute Gasteiger partial charge is 0.234 e. The molecule has 2 rings (SSSR count). The molecule has 2 N–H and O–H groups in total. The van der Waals surface area contributed by atoms with Gasteiger partial charge in [0.1, 0.15) is 5.75 Å². The molecule has 0 saturated carbocycles. The van der Waals surface area contributed by atoms with Crippen LogP contribution < -0.4 is 10.1 Å². The number of amides is 1. The van der Waals surface area contributed by atoms with Crippen molar-refractivity contribution in [3.05, 3.63) is 29.8 Å². The Hall–Kier alpha value is -1.59. The van der Waals surface area contributed by atoms with E-state index in [9.17, 15) is 9.90 Å². The van der Waals surface area contributed by atoms with Crippen molar-refractivity contribution < 1.29 is 14.6 Å². The number of ether oxygens (including phenoxy) is 1. The van der Waals surface area contributed by atoms with E-state index in [1.54, 1.807) is 7.11 Å². The lowest BCUT2D eigenvalue weighted by atomic mass is 9.77. The molecule has 5 nitrogen and oxygen atoms in total. The molecule has 0 bridgehead atoms. The molecule has 5 heteroatoms. The van der Waals surface area contributed by atoms with Gasteiger partial charge in [0.25, 0.3) is 0 Å². The number of benzene rings is 1. The summed E-state index contributed by atoms with van der Waals surface area (Å²) in [5.74, 6) is 0.841. The first kappa shape index (κ1) is 17.8. The van der Waals surface area contributed by atoms with Gasteiger partial charge in [-0.2, -0.15) is 0 Å². The van der Waals surface area contributed by atoms with Gasteiger partial charge < -0.3 is 15.2 Å². The fraction of sp³-hybridized carbons (Fsp3) is 0.611. The quantitative estimate of drug-likeness (QED) is 0.804. The maximum atomic E-state index is 12.1. The van der Waals surface area contributed by atoms with E-state index in [2.05, 4.69) is 17.1 Å². The molecule has 128 valence electrons. The van der Waals surface area contributed by atoms with Gasteiger partial charge in [0.2, 0.25) is 5.91 Å². The van der Waals surface area contributed by atoms with Gasteiger partial charge in [-0.1, -0.05) is 19.1 Å². The average molecular weight is 320 g/mol. The highest BCUT2D eigenvalue weighted by atomic mass is 16.5. The summed E-state index contributed by atoms with van der Waals surface area (Å²) >= 11 is 0. The minimum absolute atomic E-state index is 0.0424.